The van der Waals surface area contributed by atoms with E-state index in [9.17, 15) is 4.79 Å². The van der Waals surface area contributed by atoms with Crippen molar-refractivity contribution in [2.75, 3.05) is 6.54 Å². The van der Waals surface area contributed by atoms with Crippen molar-refractivity contribution in [1.82, 2.24) is 14.9 Å². The van der Waals surface area contributed by atoms with Gasteiger partial charge in [0.15, 0.2) is 0 Å². The average molecular weight is 370 g/mol. The Balaban J connectivity index is 1.90. The fourth-order valence-corrected chi connectivity index (χ4v) is 2.73. The van der Waals surface area contributed by atoms with E-state index < -0.39 is 0 Å². The van der Waals surface area contributed by atoms with Crippen LogP contribution < -0.4 is 5.32 Å². The SMILES string of the molecule is CCCCCCCCCCC#CC#CCCC(=O)NCCCn1ccnc1. The molecule has 4 heteroatoms. The van der Waals surface area contributed by atoms with Gasteiger partial charge in [-0.05, 0) is 24.7 Å². The predicted octanol–water partition coefficient (Wildman–Crippen LogP) is 4.71. The topological polar surface area (TPSA) is 46.9 Å². The van der Waals surface area contributed by atoms with E-state index in [0.717, 1.165) is 19.4 Å². The van der Waals surface area contributed by atoms with Gasteiger partial charge in [-0.2, -0.15) is 0 Å². The van der Waals surface area contributed by atoms with Gasteiger partial charge in [-0.15, -0.1) is 0 Å². The van der Waals surface area contributed by atoms with Gasteiger partial charge in [-0.1, -0.05) is 63.7 Å². The summed E-state index contributed by atoms with van der Waals surface area (Å²) < 4.78 is 2.00. The summed E-state index contributed by atoms with van der Waals surface area (Å²) in [5.74, 6) is 11.9. The Bertz CT molecular complexity index is 599. The number of hydrogen-bond acceptors (Lipinski definition) is 2. The monoisotopic (exact) mass is 369 g/mol. The third-order valence-corrected chi connectivity index (χ3v) is 4.35. The predicted molar refractivity (Wildman–Crippen MR) is 112 cm³/mol. The first-order valence-corrected chi connectivity index (χ1v) is 10.5. The number of imidazole rings is 1. The van der Waals surface area contributed by atoms with Crippen LogP contribution in [0.3, 0.4) is 0 Å². The van der Waals surface area contributed by atoms with E-state index in [1.54, 1.807) is 12.5 Å². The molecule has 0 fully saturated rings. The third-order valence-electron chi connectivity index (χ3n) is 4.35. The Morgan fingerprint density at radius 1 is 0.963 bits per heavy atom. The second-order valence-electron chi connectivity index (χ2n) is 6.83. The molecule has 1 N–H and O–H groups in total. The van der Waals surface area contributed by atoms with Crippen LogP contribution in [0.5, 0.6) is 0 Å². The fourth-order valence-electron chi connectivity index (χ4n) is 2.73. The highest BCUT2D eigenvalue weighted by Gasteiger charge is 1.98. The fraction of sp³-hybridized carbons (Fsp3) is 0.652. The molecule has 1 rings (SSSR count). The van der Waals surface area contributed by atoms with E-state index in [0.29, 0.717) is 19.4 Å². The summed E-state index contributed by atoms with van der Waals surface area (Å²) in [7, 11) is 0. The highest BCUT2D eigenvalue weighted by atomic mass is 16.1. The van der Waals surface area contributed by atoms with E-state index in [4.69, 9.17) is 0 Å². The number of unbranched alkanes of at least 4 members (excludes halogenated alkanes) is 8. The molecule has 0 saturated heterocycles. The summed E-state index contributed by atoms with van der Waals surface area (Å²) in [5.41, 5.74) is 0. The molecule has 0 spiro atoms. The average Bonchev–Trinajstić information content (AvgIpc) is 3.19. The number of aryl methyl sites for hydroxylation is 1. The molecule has 0 unspecified atom stereocenters. The Labute approximate surface area is 165 Å². The number of hydrogen-bond donors (Lipinski definition) is 1. The Morgan fingerprint density at radius 2 is 1.67 bits per heavy atom. The van der Waals surface area contributed by atoms with Gasteiger partial charge >= 0.3 is 0 Å². The van der Waals surface area contributed by atoms with Crippen LogP contribution in [0.4, 0.5) is 0 Å². The number of carbonyl (C=O) groups excluding carboxylic acids is 1. The lowest BCUT2D eigenvalue weighted by molar-refractivity contribution is -0.120. The van der Waals surface area contributed by atoms with Gasteiger partial charge in [-0.3, -0.25) is 4.79 Å². The molecule has 27 heavy (non-hydrogen) atoms. The number of aromatic nitrogens is 2. The minimum Gasteiger partial charge on any atom is -0.356 e. The van der Waals surface area contributed by atoms with Crippen molar-refractivity contribution in [2.45, 2.75) is 90.5 Å². The molecule has 0 saturated carbocycles. The van der Waals surface area contributed by atoms with Gasteiger partial charge in [0.2, 0.25) is 5.91 Å². The summed E-state index contributed by atoms with van der Waals surface area (Å²) in [6.45, 7) is 3.81. The number of carbonyl (C=O) groups is 1. The number of nitrogens with one attached hydrogen (secondary N) is 1. The zero-order chi connectivity index (χ0) is 19.4. The Hall–Kier alpha value is -2.20. The molecule has 0 bridgehead atoms. The van der Waals surface area contributed by atoms with Crippen molar-refractivity contribution in [3.8, 4) is 23.7 Å². The van der Waals surface area contributed by atoms with Gasteiger partial charge in [-0.25, -0.2) is 4.98 Å². The molecule has 1 amide bonds. The Kier molecular flexibility index (Phi) is 14.6. The minimum atomic E-state index is 0.0572. The van der Waals surface area contributed by atoms with Gasteiger partial charge in [0, 0.05) is 44.7 Å². The maximum Gasteiger partial charge on any atom is 0.220 e. The maximum atomic E-state index is 11.7. The summed E-state index contributed by atoms with van der Waals surface area (Å²) in [6, 6.07) is 0. The highest BCUT2D eigenvalue weighted by molar-refractivity contribution is 5.76. The van der Waals surface area contributed by atoms with Crippen molar-refractivity contribution < 1.29 is 4.79 Å². The van der Waals surface area contributed by atoms with Crippen LogP contribution in [-0.4, -0.2) is 22.0 Å². The summed E-state index contributed by atoms with van der Waals surface area (Å²) in [6.07, 6.45) is 18.9. The molecule has 0 radical (unpaired) electrons. The molecule has 1 aromatic heterocycles. The third kappa shape index (κ3) is 14.6. The molecule has 1 heterocycles. The van der Waals surface area contributed by atoms with Gasteiger partial charge in [0.1, 0.15) is 0 Å². The molecule has 1 aromatic rings. The first kappa shape index (κ1) is 22.8. The van der Waals surface area contributed by atoms with Crippen molar-refractivity contribution in [3.63, 3.8) is 0 Å². The van der Waals surface area contributed by atoms with Crippen molar-refractivity contribution >= 4 is 5.91 Å². The van der Waals surface area contributed by atoms with Gasteiger partial charge in [0.25, 0.3) is 0 Å². The summed E-state index contributed by atoms with van der Waals surface area (Å²) >= 11 is 0. The van der Waals surface area contributed by atoms with E-state index in [-0.39, 0.29) is 5.91 Å². The molecule has 0 atom stereocenters. The maximum absolute atomic E-state index is 11.7. The molecule has 0 aliphatic carbocycles. The first-order valence-electron chi connectivity index (χ1n) is 10.5. The lowest BCUT2D eigenvalue weighted by Crippen LogP contribution is -2.24. The normalized spacial score (nSPS) is 9.81. The number of rotatable bonds is 14. The largest absolute Gasteiger partial charge is 0.356 e. The molecule has 0 aliphatic rings. The lowest BCUT2D eigenvalue weighted by atomic mass is 10.1. The molecule has 0 aromatic carbocycles. The van der Waals surface area contributed by atoms with E-state index in [1.807, 2.05) is 10.8 Å². The number of nitrogens with zero attached hydrogens (tertiary/aromatic N) is 2. The van der Waals surface area contributed by atoms with Crippen LogP contribution in [0.2, 0.25) is 0 Å². The molecule has 0 aliphatic heterocycles. The number of amides is 1. The highest BCUT2D eigenvalue weighted by Crippen LogP contribution is 2.09. The second kappa shape index (κ2) is 17.2. The zero-order valence-electron chi connectivity index (χ0n) is 16.9. The van der Waals surface area contributed by atoms with Crippen molar-refractivity contribution in [1.29, 1.82) is 0 Å². The van der Waals surface area contributed by atoms with Crippen LogP contribution in [-0.2, 0) is 11.3 Å². The van der Waals surface area contributed by atoms with Crippen LogP contribution in [0, 0.1) is 23.7 Å². The summed E-state index contributed by atoms with van der Waals surface area (Å²) in [5, 5.41) is 2.92. The minimum absolute atomic E-state index is 0.0572. The van der Waals surface area contributed by atoms with Crippen LogP contribution in [0.1, 0.15) is 84.0 Å². The molecular formula is C23H35N3O. The van der Waals surface area contributed by atoms with E-state index >= 15 is 0 Å². The first-order chi connectivity index (χ1) is 13.3. The molecular weight excluding hydrogens is 334 g/mol. The smallest absolute Gasteiger partial charge is 0.220 e. The Morgan fingerprint density at radius 3 is 2.37 bits per heavy atom. The van der Waals surface area contributed by atoms with Crippen LogP contribution in [0.15, 0.2) is 18.7 Å². The van der Waals surface area contributed by atoms with E-state index in [2.05, 4.69) is 40.9 Å². The van der Waals surface area contributed by atoms with Crippen molar-refractivity contribution in [2.24, 2.45) is 0 Å². The van der Waals surface area contributed by atoms with Gasteiger partial charge in [0.05, 0.1) is 6.33 Å². The van der Waals surface area contributed by atoms with E-state index in [1.165, 1.54) is 51.4 Å². The molecule has 4 nitrogen and oxygen atoms in total. The van der Waals surface area contributed by atoms with Crippen LogP contribution in [0.25, 0.3) is 0 Å². The van der Waals surface area contributed by atoms with Gasteiger partial charge < -0.3 is 9.88 Å². The summed E-state index contributed by atoms with van der Waals surface area (Å²) in [4.78, 5) is 15.7. The van der Waals surface area contributed by atoms with Crippen molar-refractivity contribution in [3.05, 3.63) is 18.7 Å². The quantitative estimate of drug-likeness (QED) is 0.381. The molecule has 148 valence electrons. The lowest BCUT2D eigenvalue weighted by Gasteiger charge is -2.04. The zero-order valence-corrected chi connectivity index (χ0v) is 16.9. The second-order valence-corrected chi connectivity index (χ2v) is 6.83. The van der Waals surface area contributed by atoms with Crippen LogP contribution >= 0.6 is 0 Å². The standard InChI is InChI=1S/C23H35N3O/c1-2-3-4-5-6-7-8-9-10-11-12-13-14-15-17-23(27)25-18-16-20-26-21-19-24-22-26/h19,21-22H,2-10,15-18,20H2,1H3,(H,25,27).